The monoisotopic (exact) mass is 524 g/mol. The topological polar surface area (TPSA) is 112 Å². The number of hydrogen-bond acceptors (Lipinski definition) is 8. The first-order valence-corrected chi connectivity index (χ1v) is 13.6. The lowest BCUT2D eigenvalue weighted by atomic mass is 9.44. The summed E-state index contributed by atoms with van der Waals surface area (Å²) in [5.41, 5.74) is -4.17. The summed E-state index contributed by atoms with van der Waals surface area (Å²) in [5, 5.41) is 20.9. The van der Waals surface area contributed by atoms with Gasteiger partial charge in [0.25, 0.3) is 0 Å². The molecule has 36 heavy (non-hydrogen) atoms. The Balaban J connectivity index is 1.44. The van der Waals surface area contributed by atoms with Gasteiger partial charge in [0.2, 0.25) is 5.79 Å². The lowest BCUT2D eigenvalue weighted by molar-refractivity contribution is -0.277. The maximum Gasteiger partial charge on any atom is 0.313 e. The molecule has 5 fully saturated rings. The molecule has 0 aromatic heterocycles. The third-order valence-electron chi connectivity index (χ3n) is 10.4. The van der Waals surface area contributed by atoms with Gasteiger partial charge in [0.1, 0.15) is 12.2 Å². The number of ether oxygens (including phenoxy) is 4. The second-order valence-corrected chi connectivity index (χ2v) is 12.7. The van der Waals surface area contributed by atoms with Crippen LogP contribution in [0.5, 0.6) is 0 Å². The molecule has 0 radical (unpaired) electrons. The molecule has 2 heterocycles. The summed E-state index contributed by atoms with van der Waals surface area (Å²) in [7, 11) is 0. The molecule has 6 aliphatic rings. The van der Waals surface area contributed by atoms with Gasteiger partial charge in [-0.15, -0.1) is 11.8 Å². The van der Waals surface area contributed by atoms with Gasteiger partial charge in [-0.2, -0.15) is 0 Å². The molecule has 2 spiro atoms. The molecule has 0 amide bonds. The van der Waals surface area contributed by atoms with Crippen LogP contribution >= 0.6 is 11.8 Å². The van der Waals surface area contributed by atoms with Gasteiger partial charge >= 0.3 is 5.97 Å². The molecule has 198 valence electrons. The van der Waals surface area contributed by atoms with Crippen LogP contribution in [-0.2, 0) is 28.5 Å². The zero-order valence-electron chi connectivity index (χ0n) is 20.8. The first-order chi connectivity index (χ1) is 17.0. The Hall–Kier alpha value is -1.30. The number of aliphatic hydroxyl groups excluding tert-OH is 1. The molecule has 3 saturated carbocycles. The van der Waals surface area contributed by atoms with E-state index >= 15 is 4.39 Å². The Kier molecular flexibility index (Phi) is 5.46. The average molecular weight is 525 g/mol. The Morgan fingerprint density at radius 2 is 1.97 bits per heavy atom. The van der Waals surface area contributed by atoms with Crippen molar-refractivity contribution in [2.75, 3.05) is 25.9 Å². The molecular formula is C26H33FO8S. The summed E-state index contributed by atoms with van der Waals surface area (Å²) in [6.07, 6.45) is 3.37. The largest absolute Gasteiger partial charge is 0.481 e. The summed E-state index contributed by atoms with van der Waals surface area (Å²) in [5.74, 6) is -3.34. The number of allylic oxidation sites excluding steroid dienone is 4. The number of halogens is 1. The lowest BCUT2D eigenvalue weighted by Gasteiger charge is -2.63. The van der Waals surface area contributed by atoms with E-state index in [0.717, 1.165) is 11.8 Å². The SMILES string of the molecule is C[C@H]1C[C@H]2[C@@H]3CCC4=C(SCC(=O)O)C(=O)C=C[C@]4(C)[C@@]3(F)[C@@H](O)C[C@]2(C)[C@]12OCOC21COCO1. The first-order valence-electron chi connectivity index (χ1n) is 12.7. The highest BCUT2D eigenvalue weighted by molar-refractivity contribution is 8.04. The number of ketones is 1. The molecule has 8 nitrogen and oxygen atoms in total. The molecule has 1 unspecified atom stereocenters. The van der Waals surface area contributed by atoms with Crippen LogP contribution in [-0.4, -0.2) is 71.1 Å². The van der Waals surface area contributed by atoms with Crippen molar-refractivity contribution in [2.24, 2.45) is 28.6 Å². The van der Waals surface area contributed by atoms with E-state index in [1.54, 1.807) is 13.0 Å². The van der Waals surface area contributed by atoms with Crippen LogP contribution in [0.1, 0.15) is 46.5 Å². The second kappa shape index (κ2) is 7.86. The van der Waals surface area contributed by atoms with Crippen molar-refractivity contribution in [1.82, 2.24) is 0 Å². The molecule has 2 aliphatic heterocycles. The van der Waals surface area contributed by atoms with Gasteiger partial charge in [-0.05, 0) is 56.1 Å². The number of carbonyl (C=O) groups is 2. The van der Waals surface area contributed by atoms with Crippen LogP contribution in [0.2, 0.25) is 0 Å². The number of rotatable bonds is 3. The summed E-state index contributed by atoms with van der Waals surface area (Å²) < 4.78 is 41.8. The number of alkyl halides is 1. The van der Waals surface area contributed by atoms with Crippen molar-refractivity contribution >= 4 is 23.5 Å². The number of thioether (sulfide) groups is 1. The lowest BCUT2D eigenvalue weighted by Crippen LogP contribution is -2.71. The van der Waals surface area contributed by atoms with E-state index < -0.39 is 45.9 Å². The summed E-state index contributed by atoms with van der Waals surface area (Å²) in [6, 6.07) is 0. The molecule has 0 aromatic carbocycles. The van der Waals surface area contributed by atoms with E-state index in [1.165, 1.54) is 6.08 Å². The van der Waals surface area contributed by atoms with Crippen LogP contribution in [0.15, 0.2) is 22.6 Å². The van der Waals surface area contributed by atoms with Gasteiger partial charge in [0.15, 0.2) is 25.0 Å². The summed E-state index contributed by atoms with van der Waals surface area (Å²) >= 11 is 0.948. The molecule has 0 aromatic rings. The normalized spacial score (nSPS) is 51.6. The molecule has 2 N–H and O–H groups in total. The van der Waals surface area contributed by atoms with Gasteiger partial charge in [-0.1, -0.05) is 19.9 Å². The maximum atomic E-state index is 17.7. The van der Waals surface area contributed by atoms with Crippen molar-refractivity contribution in [3.8, 4) is 0 Å². The van der Waals surface area contributed by atoms with Crippen molar-refractivity contribution in [3.63, 3.8) is 0 Å². The zero-order chi connectivity index (χ0) is 25.7. The number of carboxylic acid groups (broad SMARTS) is 1. The Morgan fingerprint density at radius 1 is 1.22 bits per heavy atom. The van der Waals surface area contributed by atoms with Crippen molar-refractivity contribution in [2.45, 2.75) is 69.6 Å². The minimum atomic E-state index is -2.03. The third-order valence-corrected chi connectivity index (χ3v) is 11.6. The number of carboxylic acids is 1. The van der Waals surface area contributed by atoms with Crippen LogP contribution in [0.25, 0.3) is 0 Å². The fourth-order valence-corrected chi connectivity index (χ4v) is 10.1. The van der Waals surface area contributed by atoms with Crippen LogP contribution in [0, 0.1) is 28.6 Å². The van der Waals surface area contributed by atoms with E-state index in [9.17, 15) is 19.8 Å². The van der Waals surface area contributed by atoms with Gasteiger partial charge in [-0.25, -0.2) is 4.39 Å². The van der Waals surface area contributed by atoms with E-state index in [2.05, 4.69) is 13.8 Å². The number of aliphatic hydroxyl groups is 1. The predicted molar refractivity (Wildman–Crippen MR) is 126 cm³/mol. The van der Waals surface area contributed by atoms with Crippen molar-refractivity contribution in [1.29, 1.82) is 0 Å². The summed E-state index contributed by atoms with van der Waals surface area (Å²) in [4.78, 5) is 24.3. The Labute approximate surface area is 213 Å². The molecule has 6 rings (SSSR count). The fourth-order valence-electron chi connectivity index (χ4n) is 9.12. The third kappa shape index (κ3) is 2.73. The molecular weight excluding hydrogens is 491 g/mol. The molecule has 0 bridgehead atoms. The van der Waals surface area contributed by atoms with Gasteiger partial charge in [-0.3, -0.25) is 9.59 Å². The number of carbonyl (C=O) groups excluding carboxylic acids is 1. The standard InChI is InChI=1S/C26H33FO8S/c1-14-8-17-15-4-5-16-21(36-10-20(30)31)18(28)6-7-22(16,2)25(15,27)19(29)9-23(17,3)26(14)24(34-13-35-26)11-32-12-33-24/h6-7,14-15,17,19,29H,4-5,8-13H2,1-3H3,(H,30,31)/t14-,15-,17-,19-,22-,23-,24?,25-,26+/m0/s1. The van der Waals surface area contributed by atoms with Gasteiger partial charge in [0, 0.05) is 16.7 Å². The molecule has 2 saturated heterocycles. The minimum Gasteiger partial charge on any atom is -0.481 e. The highest BCUT2D eigenvalue weighted by Gasteiger charge is 2.81. The molecule has 10 heteroatoms. The number of hydrogen-bond donors (Lipinski definition) is 2. The minimum absolute atomic E-state index is 0.0267. The average Bonchev–Trinajstić information content (AvgIpc) is 3.50. The highest BCUT2D eigenvalue weighted by atomic mass is 32.2. The predicted octanol–water partition coefficient (Wildman–Crippen LogP) is 3.19. The van der Waals surface area contributed by atoms with Crippen LogP contribution in [0.3, 0.4) is 0 Å². The Bertz CT molecular complexity index is 1060. The van der Waals surface area contributed by atoms with E-state index in [1.807, 2.05) is 0 Å². The molecule has 9 atom stereocenters. The Morgan fingerprint density at radius 3 is 2.67 bits per heavy atom. The van der Waals surface area contributed by atoms with Crippen molar-refractivity contribution in [3.05, 3.63) is 22.6 Å². The van der Waals surface area contributed by atoms with E-state index in [4.69, 9.17) is 18.9 Å². The highest BCUT2D eigenvalue weighted by Crippen LogP contribution is 2.74. The zero-order valence-corrected chi connectivity index (χ0v) is 21.6. The van der Waals surface area contributed by atoms with E-state index in [-0.39, 0.29) is 50.0 Å². The fraction of sp³-hybridized carbons (Fsp3) is 0.769. The molecule has 4 aliphatic carbocycles. The van der Waals surface area contributed by atoms with Crippen LogP contribution < -0.4 is 0 Å². The van der Waals surface area contributed by atoms with Crippen LogP contribution in [0.4, 0.5) is 4.39 Å². The maximum absolute atomic E-state index is 17.7. The number of fused-ring (bicyclic) bond motifs is 7. The van der Waals surface area contributed by atoms with Crippen molar-refractivity contribution < 1.29 is 43.1 Å². The summed E-state index contributed by atoms with van der Waals surface area (Å²) in [6.45, 7) is 6.29. The first kappa shape index (κ1) is 25.0. The van der Waals surface area contributed by atoms with E-state index in [0.29, 0.717) is 29.7 Å². The van der Waals surface area contributed by atoms with Gasteiger partial charge in [0.05, 0.1) is 16.8 Å². The number of aliphatic carboxylic acids is 1. The smallest absolute Gasteiger partial charge is 0.313 e. The second-order valence-electron chi connectivity index (χ2n) is 11.7. The van der Waals surface area contributed by atoms with Gasteiger partial charge < -0.3 is 29.2 Å². The quantitative estimate of drug-likeness (QED) is 0.575.